The lowest BCUT2D eigenvalue weighted by Gasteiger charge is -2.35. The van der Waals surface area contributed by atoms with Crippen LogP contribution >= 0.6 is 0 Å². The maximum absolute atomic E-state index is 5.26. The van der Waals surface area contributed by atoms with Gasteiger partial charge in [-0.2, -0.15) is 5.10 Å². The highest BCUT2D eigenvalue weighted by atomic mass is 16.5. The van der Waals surface area contributed by atoms with Crippen LogP contribution in [0.25, 0.3) is 16.9 Å². The third-order valence-electron chi connectivity index (χ3n) is 6.00. The Balaban J connectivity index is 1.36. The highest BCUT2D eigenvalue weighted by Gasteiger charge is 2.16. The minimum atomic E-state index is 0.564. The van der Waals surface area contributed by atoms with E-state index in [9.17, 15) is 0 Å². The maximum Gasteiger partial charge on any atom is 0.213 e. The summed E-state index contributed by atoms with van der Waals surface area (Å²) in [4.78, 5) is 13.6. The molecule has 0 unspecified atom stereocenters. The van der Waals surface area contributed by atoms with E-state index in [-0.39, 0.29) is 0 Å². The lowest BCUT2D eigenvalue weighted by atomic mass is 10.1. The summed E-state index contributed by atoms with van der Waals surface area (Å²) in [7, 11) is 1.61. The molecular weight excluding hydrogens is 402 g/mol. The minimum absolute atomic E-state index is 0.564. The van der Waals surface area contributed by atoms with Gasteiger partial charge in [0.05, 0.1) is 18.5 Å². The Kier molecular flexibility index (Phi) is 5.60. The average molecular weight is 430 g/mol. The largest absolute Gasteiger partial charge is 0.481 e. The highest BCUT2D eigenvalue weighted by Crippen LogP contribution is 2.28. The molecule has 0 aliphatic carbocycles. The smallest absolute Gasteiger partial charge is 0.213 e. The van der Waals surface area contributed by atoms with E-state index in [0.29, 0.717) is 5.88 Å². The number of anilines is 3. The first kappa shape index (κ1) is 20.3. The third-order valence-corrected chi connectivity index (χ3v) is 6.00. The number of aromatic nitrogens is 4. The third kappa shape index (κ3) is 3.97. The average Bonchev–Trinajstić information content (AvgIpc) is 3.35. The van der Waals surface area contributed by atoms with E-state index in [2.05, 4.69) is 61.4 Å². The standard InChI is InChI=1S/C24H27N7O/c1-3-29-12-14-30(15-13-29)20-6-4-19(5-7-20)28-21-8-9-22(31-24(21)26-17-27-31)18-10-11-25-23(16-18)32-2/h4-11,16-17,28H,3,12-15H2,1-2H3. The molecule has 3 aromatic heterocycles. The number of hydrogen-bond acceptors (Lipinski definition) is 7. The van der Waals surface area contributed by atoms with Gasteiger partial charge in [0.1, 0.15) is 6.33 Å². The number of pyridine rings is 2. The molecule has 32 heavy (non-hydrogen) atoms. The Morgan fingerprint density at radius 1 is 0.969 bits per heavy atom. The highest BCUT2D eigenvalue weighted by molar-refractivity contribution is 5.78. The van der Waals surface area contributed by atoms with Gasteiger partial charge in [-0.3, -0.25) is 0 Å². The van der Waals surface area contributed by atoms with Crippen molar-refractivity contribution in [3.05, 3.63) is 61.1 Å². The molecule has 4 heterocycles. The molecule has 5 rings (SSSR count). The van der Waals surface area contributed by atoms with Crippen molar-refractivity contribution in [1.82, 2.24) is 24.5 Å². The second-order valence-electron chi connectivity index (χ2n) is 7.81. The molecule has 1 fully saturated rings. The zero-order chi connectivity index (χ0) is 21.9. The second-order valence-corrected chi connectivity index (χ2v) is 7.81. The summed E-state index contributed by atoms with van der Waals surface area (Å²) in [5.41, 5.74) is 5.83. The molecule has 1 N–H and O–H groups in total. The van der Waals surface area contributed by atoms with E-state index in [4.69, 9.17) is 4.74 Å². The summed E-state index contributed by atoms with van der Waals surface area (Å²) in [5.74, 6) is 0.564. The molecule has 1 aromatic carbocycles. The first-order valence-corrected chi connectivity index (χ1v) is 10.9. The number of rotatable bonds is 6. The second kappa shape index (κ2) is 8.84. The van der Waals surface area contributed by atoms with Crippen molar-refractivity contribution in [3.63, 3.8) is 0 Å². The van der Waals surface area contributed by atoms with Gasteiger partial charge in [0.15, 0.2) is 5.65 Å². The topological polar surface area (TPSA) is 70.8 Å². The molecule has 0 bridgehead atoms. The summed E-state index contributed by atoms with van der Waals surface area (Å²) >= 11 is 0. The number of nitrogens with one attached hydrogen (secondary N) is 1. The summed E-state index contributed by atoms with van der Waals surface area (Å²) in [6.07, 6.45) is 3.30. The molecule has 0 saturated carbocycles. The van der Waals surface area contributed by atoms with Crippen molar-refractivity contribution in [2.24, 2.45) is 0 Å². The fourth-order valence-corrected chi connectivity index (χ4v) is 4.14. The molecule has 8 nitrogen and oxygen atoms in total. The number of benzene rings is 1. The van der Waals surface area contributed by atoms with E-state index >= 15 is 0 Å². The van der Waals surface area contributed by atoms with Gasteiger partial charge in [-0.25, -0.2) is 14.5 Å². The number of ether oxygens (including phenoxy) is 1. The van der Waals surface area contributed by atoms with Gasteiger partial charge in [0, 0.05) is 55.4 Å². The quantitative estimate of drug-likeness (QED) is 0.501. The molecule has 164 valence electrons. The summed E-state index contributed by atoms with van der Waals surface area (Å²) in [6, 6.07) is 16.5. The first-order valence-electron chi connectivity index (χ1n) is 10.9. The Labute approximate surface area is 187 Å². The van der Waals surface area contributed by atoms with E-state index in [1.165, 1.54) is 5.69 Å². The van der Waals surface area contributed by atoms with Crippen LogP contribution < -0.4 is 15.0 Å². The Bertz CT molecular complexity index is 1200. The summed E-state index contributed by atoms with van der Waals surface area (Å²) in [5, 5.41) is 7.93. The maximum atomic E-state index is 5.26. The minimum Gasteiger partial charge on any atom is -0.481 e. The van der Waals surface area contributed by atoms with Gasteiger partial charge in [-0.15, -0.1) is 0 Å². The van der Waals surface area contributed by atoms with Crippen LogP contribution in [0.2, 0.25) is 0 Å². The molecule has 4 aromatic rings. The van der Waals surface area contributed by atoms with Gasteiger partial charge >= 0.3 is 0 Å². The van der Waals surface area contributed by atoms with E-state index < -0.39 is 0 Å². The fourth-order valence-electron chi connectivity index (χ4n) is 4.14. The van der Waals surface area contributed by atoms with Crippen molar-refractivity contribution >= 4 is 22.7 Å². The van der Waals surface area contributed by atoms with E-state index in [1.54, 1.807) is 19.6 Å². The number of likely N-dealkylation sites (N-methyl/N-ethyl adjacent to an activating group) is 1. The molecule has 0 atom stereocenters. The molecule has 8 heteroatoms. The van der Waals surface area contributed by atoms with Crippen LogP contribution in [0, 0.1) is 0 Å². The van der Waals surface area contributed by atoms with Crippen molar-refractivity contribution in [1.29, 1.82) is 0 Å². The van der Waals surface area contributed by atoms with Crippen molar-refractivity contribution < 1.29 is 4.74 Å². The number of hydrogen-bond donors (Lipinski definition) is 1. The van der Waals surface area contributed by atoms with Crippen LogP contribution in [0.3, 0.4) is 0 Å². The fraction of sp³-hybridized carbons (Fsp3) is 0.292. The lowest BCUT2D eigenvalue weighted by Crippen LogP contribution is -2.46. The summed E-state index contributed by atoms with van der Waals surface area (Å²) < 4.78 is 7.09. The van der Waals surface area contributed by atoms with Crippen molar-refractivity contribution in [2.75, 3.05) is 50.1 Å². The molecular formula is C24H27N7O. The van der Waals surface area contributed by atoms with E-state index in [1.807, 2.05) is 28.8 Å². The zero-order valence-electron chi connectivity index (χ0n) is 18.4. The number of nitrogens with zero attached hydrogens (tertiary/aromatic N) is 6. The van der Waals surface area contributed by atoms with Crippen LogP contribution in [0.15, 0.2) is 61.1 Å². The number of fused-ring (bicyclic) bond motifs is 1. The van der Waals surface area contributed by atoms with Gasteiger partial charge < -0.3 is 19.9 Å². The zero-order valence-corrected chi connectivity index (χ0v) is 18.4. The lowest BCUT2D eigenvalue weighted by molar-refractivity contribution is 0.271. The van der Waals surface area contributed by atoms with Gasteiger partial charge in [0.25, 0.3) is 0 Å². The van der Waals surface area contributed by atoms with Crippen molar-refractivity contribution in [3.8, 4) is 17.1 Å². The van der Waals surface area contributed by atoms with Gasteiger partial charge in [0.2, 0.25) is 5.88 Å². The van der Waals surface area contributed by atoms with Crippen LogP contribution in [0.5, 0.6) is 5.88 Å². The predicted octanol–water partition coefficient (Wildman–Crippen LogP) is 3.69. The predicted molar refractivity (Wildman–Crippen MR) is 127 cm³/mol. The Morgan fingerprint density at radius 3 is 2.53 bits per heavy atom. The monoisotopic (exact) mass is 429 g/mol. The molecule has 1 aliphatic rings. The molecule has 1 aliphatic heterocycles. The van der Waals surface area contributed by atoms with Crippen molar-refractivity contribution in [2.45, 2.75) is 6.92 Å². The number of methoxy groups -OCH3 is 1. The molecule has 0 spiro atoms. The van der Waals surface area contributed by atoms with Crippen LogP contribution in [-0.2, 0) is 0 Å². The Hall–Kier alpha value is -3.65. The molecule has 0 radical (unpaired) electrons. The van der Waals surface area contributed by atoms with Crippen LogP contribution in [0.1, 0.15) is 6.92 Å². The molecule has 0 amide bonds. The van der Waals surface area contributed by atoms with E-state index in [0.717, 1.165) is 61.0 Å². The molecule has 1 saturated heterocycles. The number of piperazine rings is 1. The Morgan fingerprint density at radius 2 is 1.78 bits per heavy atom. The van der Waals surface area contributed by atoms with Gasteiger partial charge in [-0.05, 0) is 49.0 Å². The SMILES string of the molecule is CCN1CCN(c2ccc(Nc3ccc(-c4ccnc(OC)c4)n4ncnc34)cc2)CC1. The van der Waals surface area contributed by atoms with Gasteiger partial charge in [-0.1, -0.05) is 6.92 Å². The normalized spacial score (nSPS) is 14.6. The summed E-state index contributed by atoms with van der Waals surface area (Å²) in [6.45, 7) is 7.74. The van der Waals surface area contributed by atoms with Crippen LogP contribution in [-0.4, -0.2) is 64.3 Å². The first-order chi connectivity index (χ1) is 15.7. The van der Waals surface area contributed by atoms with Crippen LogP contribution in [0.4, 0.5) is 17.1 Å².